The Hall–Kier alpha value is -4.47. The molecule has 0 amide bonds. The van der Waals surface area contributed by atoms with Crippen LogP contribution in [0.15, 0.2) is 36.4 Å². The Bertz CT molecular complexity index is 1220. The zero-order valence-corrected chi connectivity index (χ0v) is 17.2. The van der Waals surface area contributed by atoms with E-state index < -0.39 is 35.4 Å². The Kier molecular flexibility index (Phi) is 5.21. The van der Waals surface area contributed by atoms with E-state index in [4.69, 9.17) is 9.47 Å². The van der Waals surface area contributed by atoms with Crippen molar-refractivity contribution in [2.24, 2.45) is 0 Å². The maximum atomic E-state index is 12.8. The van der Waals surface area contributed by atoms with Crippen LogP contribution >= 0.6 is 0 Å². The number of hydrogen-bond acceptors (Lipinski definition) is 10. The minimum atomic E-state index is -1.13. The van der Waals surface area contributed by atoms with Gasteiger partial charge < -0.3 is 45.2 Å². The lowest BCUT2D eigenvalue weighted by molar-refractivity contribution is -0.0189. The molecule has 0 spiro atoms. The fraction of sp³-hybridized carbons (Fsp3) is 0.174. The lowest BCUT2D eigenvalue weighted by Crippen LogP contribution is -2.34. The molecule has 0 fully saturated rings. The Morgan fingerprint density at radius 1 is 0.848 bits per heavy atom. The van der Waals surface area contributed by atoms with Gasteiger partial charge in [-0.25, -0.2) is 4.79 Å². The number of carbonyl (C=O) groups is 1. The molecule has 33 heavy (non-hydrogen) atoms. The summed E-state index contributed by atoms with van der Waals surface area (Å²) >= 11 is 0. The van der Waals surface area contributed by atoms with Crippen molar-refractivity contribution in [1.29, 1.82) is 0 Å². The molecule has 1 heterocycles. The number of fused-ring (bicyclic) bond motifs is 1. The SMILES string of the molecule is Cc1c(O)cc(C(=O)OC2Cc3c(O)cc(O)cc3OC2c2cc(O)c(O)c(O)c2)cc1O. The number of carbonyl (C=O) groups excluding carboxylic acids is 1. The van der Waals surface area contributed by atoms with Gasteiger partial charge in [0.15, 0.2) is 23.4 Å². The van der Waals surface area contributed by atoms with Crippen LogP contribution in [0.3, 0.4) is 0 Å². The number of benzene rings is 3. The Balaban J connectivity index is 1.75. The summed E-state index contributed by atoms with van der Waals surface area (Å²) in [6.45, 7) is 1.46. The Labute approximate surface area is 186 Å². The van der Waals surface area contributed by atoms with Gasteiger partial charge in [-0.3, -0.25) is 0 Å². The second-order valence-electron chi connectivity index (χ2n) is 7.68. The Morgan fingerprint density at radius 2 is 1.45 bits per heavy atom. The van der Waals surface area contributed by atoms with E-state index >= 15 is 0 Å². The fourth-order valence-electron chi connectivity index (χ4n) is 3.63. The maximum absolute atomic E-state index is 12.8. The second-order valence-corrected chi connectivity index (χ2v) is 7.68. The van der Waals surface area contributed by atoms with Gasteiger partial charge in [0, 0.05) is 35.2 Å². The van der Waals surface area contributed by atoms with Crippen molar-refractivity contribution in [3.05, 3.63) is 58.7 Å². The maximum Gasteiger partial charge on any atom is 0.338 e. The molecule has 1 aliphatic rings. The standard InChI is InChI=1S/C23H20O10/c1-9-14(25)4-11(5-15(9)26)23(31)33-20-8-13-16(27)6-12(24)7-19(13)32-22(20)10-2-17(28)21(30)18(29)3-10/h2-7,20,22,24-30H,8H2,1H3. The van der Waals surface area contributed by atoms with Gasteiger partial charge in [0.25, 0.3) is 0 Å². The molecule has 0 radical (unpaired) electrons. The van der Waals surface area contributed by atoms with Crippen LogP contribution in [0, 0.1) is 6.92 Å². The van der Waals surface area contributed by atoms with Crippen LogP contribution in [0.25, 0.3) is 0 Å². The van der Waals surface area contributed by atoms with E-state index in [9.17, 15) is 40.5 Å². The summed E-state index contributed by atoms with van der Waals surface area (Å²) in [6.07, 6.45) is -2.33. The molecule has 0 aliphatic carbocycles. The van der Waals surface area contributed by atoms with Gasteiger partial charge in [0.1, 0.15) is 34.9 Å². The number of esters is 1. The van der Waals surface area contributed by atoms with Crippen LogP contribution in [-0.2, 0) is 11.2 Å². The van der Waals surface area contributed by atoms with E-state index in [-0.39, 0.29) is 57.4 Å². The molecule has 0 saturated heterocycles. The van der Waals surface area contributed by atoms with Crippen molar-refractivity contribution in [1.82, 2.24) is 0 Å². The molecule has 0 aromatic heterocycles. The van der Waals surface area contributed by atoms with E-state index in [1.54, 1.807) is 0 Å². The van der Waals surface area contributed by atoms with Crippen molar-refractivity contribution in [2.75, 3.05) is 0 Å². The lowest BCUT2D eigenvalue weighted by Gasteiger charge is -2.34. The van der Waals surface area contributed by atoms with E-state index in [0.29, 0.717) is 0 Å². The lowest BCUT2D eigenvalue weighted by atomic mass is 9.93. The van der Waals surface area contributed by atoms with Crippen LogP contribution < -0.4 is 4.74 Å². The highest BCUT2D eigenvalue weighted by atomic mass is 16.6. The van der Waals surface area contributed by atoms with Crippen molar-refractivity contribution < 1.29 is 50.0 Å². The molecule has 3 aromatic carbocycles. The summed E-state index contributed by atoms with van der Waals surface area (Å²) in [4.78, 5) is 12.8. The minimum Gasteiger partial charge on any atom is -0.508 e. The van der Waals surface area contributed by atoms with Crippen molar-refractivity contribution in [2.45, 2.75) is 25.6 Å². The van der Waals surface area contributed by atoms with Crippen molar-refractivity contribution in [3.63, 3.8) is 0 Å². The molecule has 0 saturated carbocycles. The smallest absolute Gasteiger partial charge is 0.338 e. The summed E-state index contributed by atoms with van der Waals surface area (Å²) < 4.78 is 11.4. The zero-order valence-electron chi connectivity index (χ0n) is 17.2. The second kappa shape index (κ2) is 7.90. The number of hydrogen-bond donors (Lipinski definition) is 7. The molecule has 1 aliphatic heterocycles. The van der Waals surface area contributed by atoms with E-state index in [2.05, 4.69) is 0 Å². The predicted octanol–water partition coefficient (Wildman–Crippen LogP) is 2.84. The van der Waals surface area contributed by atoms with Gasteiger partial charge in [-0.2, -0.15) is 0 Å². The van der Waals surface area contributed by atoms with Crippen LogP contribution in [0.4, 0.5) is 0 Å². The zero-order chi connectivity index (χ0) is 24.0. The molecule has 4 rings (SSSR count). The van der Waals surface area contributed by atoms with E-state index in [1.165, 1.54) is 13.0 Å². The van der Waals surface area contributed by atoms with Crippen molar-refractivity contribution >= 4 is 5.97 Å². The average molecular weight is 456 g/mol. The van der Waals surface area contributed by atoms with Gasteiger partial charge in [-0.15, -0.1) is 0 Å². The van der Waals surface area contributed by atoms with Gasteiger partial charge >= 0.3 is 5.97 Å². The highest BCUT2D eigenvalue weighted by Crippen LogP contribution is 2.45. The molecule has 10 nitrogen and oxygen atoms in total. The monoisotopic (exact) mass is 456 g/mol. The topological polar surface area (TPSA) is 177 Å². The van der Waals surface area contributed by atoms with Crippen LogP contribution in [0.2, 0.25) is 0 Å². The number of ether oxygens (including phenoxy) is 2. The van der Waals surface area contributed by atoms with E-state index in [0.717, 1.165) is 30.3 Å². The largest absolute Gasteiger partial charge is 0.508 e. The summed E-state index contributed by atoms with van der Waals surface area (Å²) in [5, 5.41) is 69.4. The molecular weight excluding hydrogens is 436 g/mol. The molecule has 10 heteroatoms. The number of phenols is 7. The number of phenolic OH excluding ortho intramolecular Hbond substituents is 7. The predicted molar refractivity (Wildman–Crippen MR) is 112 cm³/mol. The summed E-state index contributed by atoms with van der Waals surface area (Å²) in [5.74, 6) is -4.07. The first kappa shape index (κ1) is 21.8. The molecule has 3 aromatic rings. The van der Waals surface area contributed by atoms with Gasteiger partial charge in [0.2, 0.25) is 0 Å². The third-order valence-electron chi connectivity index (χ3n) is 5.43. The summed E-state index contributed by atoms with van der Waals surface area (Å²) in [7, 11) is 0. The average Bonchev–Trinajstić information content (AvgIpc) is 2.75. The molecule has 7 N–H and O–H groups in total. The summed E-state index contributed by atoms with van der Waals surface area (Å²) in [5.41, 5.74) is 0.401. The van der Waals surface area contributed by atoms with Gasteiger partial charge in [-0.1, -0.05) is 0 Å². The van der Waals surface area contributed by atoms with E-state index in [1.807, 2.05) is 0 Å². The molecule has 2 unspecified atom stereocenters. The molecule has 0 bridgehead atoms. The quantitative estimate of drug-likeness (QED) is 0.229. The fourth-order valence-corrected chi connectivity index (χ4v) is 3.63. The highest BCUT2D eigenvalue weighted by Gasteiger charge is 2.37. The third kappa shape index (κ3) is 3.93. The Morgan fingerprint density at radius 3 is 2.06 bits per heavy atom. The van der Waals surface area contributed by atoms with Crippen LogP contribution in [0.1, 0.15) is 33.2 Å². The van der Waals surface area contributed by atoms with Gasteiger partial charge in [0.05, 0.1) is 5.56 Å². The van der Waals surface area contributed by atoms with Crippen molar-refractivity contribution in [3.8, 4) is 46.0 Å². The first-order chi connectivity index (χ1) is 15.5. The third-order valence-corrected chi connectivity index (χ3v) is 5.43. The molecule has 2 atom stereocenters. The number of aromatic hydroxyl groups is 7. The number of rotatable bonds is 3. The first-order valence-corrected chi connectivity index (χ1v) is 9.75. The highest BCUT2D eigenvalue weighted by molar-refractivity contribution is 5.91. The molecular formula is C23H20O10. The minimum absolute atomic E-state index is 0.0793. The van der Waals surface area contributed by atoms with Crippen LogP contribution in [-0.4, -0.2) is 47.8 Å². The first-order valence-electron chi connectivity index (χ1n) is 9.75. The van der Waals surface area contributed by atoms with Gasteiger partial charge in [-0.05, 0) is 31.2 Å². The summed E-state index contributed by atoms with van der Waals surface area (Å²) in [6, 6.07) is 6.80. The van der Waals surface area contributed by atoms with Crippen LogP contribution in [0.5, 0.6) is 46.0 Å². The molecule has 172 valence electrons. The normalized spacial score (nSPS) is 17.1.